The summed E-state index contributed by atoms with van der Waals surface area (Å²) in [5.74, 6) is 0.0891. The topological polar surface area (TPSA) is 81.9 Å². The van der Waals surface area contributed by atoms with Gasteiger partial charge in [-0.05, 0) is 42.5 Å². The van der Waals surface area contributed by atoms with Gasteiger partial charge >= 0.3 is 6.09 Å². The maximum Gasteiger partial charge on any atom is 0.416 e. The second kappa shape index (κ2) is 8.78. The molecule has 148 valence electrons. The van der Waals surface area contributed by atoms with Crippen LogP contribution in [0.15, 0.2) is 48.5 Å². The molecule has 2 amide bonds. The highest BCUT2D eigenvalue weighted by Crippen LogP contribution is 2.26. The van der Waals surface area contributed by atoms with Crippen LogP contribution in [0.3, 0.4) is 0 Å². The third-order valence-corrected chi connectivity index (χ3v) is 5.13. The lowest BCUT2D eigenvalue weighted by molar-refractivity contribution is -0.133. The summed E-state index contributed by atoms with van der Waals surface area (Å²) in [6, 6.07) is 15.0. The molecule has 2 aromatic carbocycles. The number of benzene rings is 2. The van der Waals surface area contributed by atoms with Gasteiger partial charge in [-0.25, -0.2) is 9.69 Å². The molecule has 6 nitrogen and oxygen atoms in total. The maximum atomic E-state index is 13.2. The highest BCUT2D eigenvalue weighted by atomic mass is 16.6. The first-order valence-electron chi connectivity index (χ1n) is 9.49. The number of carbonyl (C=O) groups excluding carboxylic acids is 2. The van der Waals surface area contributed by atoms with E-state index < -0.39 is 6.09 Å². The summed E-state index contributed by atoms with van der Waals surface area (Å²) in [5.41, 5.74) is 8.52. The summed E-state index contributed by atoms with van der Waals surface area (Å²) in [5, 5.41) is 0. The molecule has 1 heterocycles. The number of methoxy groups -OCH3 is 1. The molecule has 1 aliphatic heterocycles. The zero-order chi connectivity index (χ0) is 20.1. The molecule has 2 aromatic rings. The summed E-state index contributed by atoms with van der Waals surface area (Å²) >= 11 is 0. The Morgan fingerprint density at radius 1 is 1.25 bits per heavy atom. The molecule has 1 fully saturated rings. The Morgan fingerprint density at radius 3 is 2.64 bits per heavy atom. The van der Waals surface area contributed by atoms with Crippen molar-refractivity contribution in [3.63, 3.8) is 0 Å². The molecule has 6 heteroatoms. The number of carbonyl (C=O) groups is 2. The number of nitrogens with two attached hydrogens (primary N) is 1. The summed E-state index contributed by atoms with van der Waals surface area (Å²) < 4.78 is 10.4. The molecule has 1 saturated heterocycles. The van der Waals surface area contributed by atoms with Crippen molar-refractivity contribution < 1.29 is 19.1 Å². The van der Waals surface area contributed by atoms with Crippen LogP contribution < -0.4 is 10.5 Å². The van der Waals surface area contributed by atoms with Gasteiger partial charge in [-0.3, -0.25) is 4.79 Å². The Kier molecular flexibility index (Phi) is 6.19. The SMILES string of the molecule is CC[C@@H](Cc1ccc(OC)c(N)c1)C(=O)N1C(=O)OCC1Cc1ccccc1. The Hall–Kier alpha value is -3.02. The molecule has 0 spiro atoms. The van der Waals surface area contributed by atoms with Crippen LogP contribution in [0, 0.1) is 5.92 Å². The average molecular weight is 382 g/mol. The number of nitrogen functional groups attached to an aromatic ring is 1. The van der Waals surface area contributed by atoms with Crippen molar-refractivity contribution in [2.45, 2.75) is 32.2 Å². The third-order valence-electron chi connectivity index (χ3n) is 5.13. The molecule has 0 radical (unpaired) electrons. The van der Waals surface area contributed by atoms with E-state index in [0.29, 0.717) is 30.7 Å². The van der Waals surface area contributed by atoms with Crippen LogP contribution in [-0.2, 0) is 22.4 Å². The minimum absolute atomic E-state index is 0.194. The average Bonchev–Trinajstić information content (AvgIpc) is 3.06. The van der Waals surface area contributed by atoms with Crippen molar-refractivity contribution in [2.75, 3.05) is 19.5 Å². The van der Waals surface area contributed by atoms with Crippen molar-refractivity contribution in [2.24, 2.45) is 5.92 Å². The first kappa shape index (κ1) is 19.7. The molecule has 1 unspecified atom stereocenters. The van der Waals surface area contributed by atoms with E-state index in [0.717, 1.165) is 11.1 Å². The zero-order valence-electron chi connectivity index (χ0n) is 16.3. The van der Waals surface area contributed by atoms with Gasteiger partial charge in [-0.1, -0.05) is 43.3 Å². The Labute approximate surface area is 165 Å². The zero-order valence-corrected chi connectivity index (χ0v) is 16.3. The van der Waals surface area contributed by atoms with Gasteiger partial charge in [0.15, 0.2) is 0 Å². The lowest BCUT2D eigenvalue weighted by Crippen LogP contribution is -2.44. The van der Waals surface area contributed by atoms with Crippen LogP contribution in [0.1, 0.15) is 24.5 Å². The van der Waals surface area contributed by atoms with Crippen molar-refractivity contribution in [3.05, 3.63) is 59.7 Å². The van der Waals surface area contributed by atoms with Gasteiger partial charge < -0.3 is 15.2 Å². The molecule has 2 atom stereocenters. The van der Waals surface area contributed by atoms with Crippen LogP contribution >= 0.6 is 0 Å². The van der Waals surface area contributed by atoms with E-state index in [1.807, 2.05) is 49.4 Å². The van der Waals surface area contributed by atoms with E-state index in [4.69, 9.17) is 15.2 Å². The number of amides is 2. The first-order valence-corrected chi connectivity index (χ1v) is 9.49. The Balaban J connectivity index is 1.74. The standard InChI is InChI=1S/C22H26N2O4/c1-3-17(11-16-9-10-20(27-2)19(23)13-16)21(25)24-18(14-28-22(24)26)12-15-7-5-4-6-8-15/h4-10,13,17-18H,3,11-12,14,23H2,1-2H3/t17-,18?/m0/s1. The lowest BCUT2D eigenvalue weighted by atomic mass is 9.94. The van der Waals surface area contributed by atoms with Crippen LogP contribution in [0.4, 0.5) is 10.5 Å². The highest BCUT2D eigenvalue weighted by Gasteiger charge is 2.40. The van der Waals surface area contributed by atoms with E-state index >= 15 is 0 Å². The molecule has 0 aliphatic carbocycles. The van der Waals surface area contributed by atoms with Crippen molar-refractivity contribution in [1.82, 2.24) is 4.90 Å². The van der Waals surface area contributed by atoms with E-state index in [-0.39, 0.29) is 24.5 Å². The monoisotopic (exact) mass is 382 g/mol. The van der Waals surface area contributed by atoms with Gasteiger partial charge in [0, 0.05) is 5.92 Å². The quantitative estimate of drug-likeness (QED) is 0.742. The van der Waals surface area contributed by atoms with E-state index in [1.165, 1.54) is 4.90 Å². The van der Waals surface area contributed by atoms with Crippen LogP contribution in [0.2, 0.25) is 0 Å². The second-order valence-electron chi connectivity index (χ2n) is 7.01. The fraction of sp³-hybridized carbons (Fsp3) is 0.364. The van der Waals surface area contributed by atoms with Crippen LogP contribution in [0.5, 0.6) is 5.75 Å². The van der Waals surface area contributed by atoms with Gasteiger partial charge in [0.25, 0.3) is 0 Å². The van der Waals surface area contributed by atoms with Crippen LogP contribution in [-0.4, -0.2) is 36.7 Å². The largest absolute Gasteiger partial charge is 0.495 e. The molecule has 3 rings (SSSR count). The maximum absolute atomic E-state index is 13.2. The molecular formula is C22H26N2O4. The summed E-state index contributed by atoms with van der Waals surface area (Å²) in [6.45, 7) is 2.18. The molecular weight excluding hydrogens is 356 g/mol. The molecule has 28 heavy (non-hydrogen) atoms. The lowest BCUT2D eigenvalue weighted by Gasteiger charge is -2.24. The predicted octanol–water partition coefficient (Wildman–Crippen LogP) is 3.44. The van der Waals surface area contributed by atoms with E-state index in [1.54, 1.807) is 13.2 Å². The van der Waals surface area contributed by atoms with E-state index in [2.05, 4.69) is 0 Å². The van der Waals surface area contributed by atoms with Gasteiger partial charge in [-0.15, -0.1) is 0 Å². The fourth-order valence-electron chi connectivity index (χ4n) is 3.57. The normalized spacial score (nSPS) is 17.3. The van der Waals surface area contributed by atoms with E-state index in [9.17, 15) is 9.59 Å². The number of imide groups is 1. The van der Waals surface area contributed by atoms with Crippen molar-refractivity contribution >= 4 is 17.7 Å². The molecule has 0 aromatic heterocycles. The minimum atomic E-state index is -0.557. The Morgan fingerprint density at radius 2 is 2.00 bits per heavy atom. The minimum Gasteiger partial charge on any atom is -0.495 e. The fourth-order valence-corrected chi connectivity index (χ4v) is 3.57. The molecule has 0 bridgehead atoms. The summed E-state index contributed by atoms with van der Waals surface area (Å²) in [7, 11) is 1.57. The smallest absolute Gasteiger partial charge is 0.416 e. The molecule has 1 aliphatic rings. The molecule has 0 saturated carbocycles. The third kappa shape index (κ3) is 4.27. The van der Waals surface area contributed by atoms with Crippen LogP contribution in [0.25, 0.3) is 0 Å². The number of ether oxygens (including phenoxy) is 2. The Bertz CT molecular complexity index is 838. The van der Waals surface area contributed by atoms with Gasteiger partial charge in [0.1, 0.15) is 12.4 Å². The summed E-state index contributed by atoms with van der Waals surface area (Å²) in [6.07, 6.45) is 1.15. The number of hydrogen-bond acceptors (Lipinski definition) is 5. The molecule has 2 N–H and O–H groups in total. The highest BCUT2D eigenvalue weighted by molar-refractivity contribution is 5.95. The van der Waals surface area contributed by atoms with Crippen molar-refractivity contribution in [1.29, 1.82) is 0 Å². The van der Waals surface area contributed by atoms with Crippen molar-refractivity contribution in [3.8, 4) is 5.75 Å². The number of nitrogens with zero attached hydrogens (tertiary/aromatic N) is 1. The second-order valence-corrected chi connectivity index (χ2v) is 7.01. The van der Waals surface area contributed by atoms with Gasteiger partial charge in [0.2, 0.25) is 5.91 Å². The number of hydrogen-bond donors (Lipinski definition) is 1. The number of cyclic esters (lactones) is 1. The number of anilines is 1. The predicted molar refractivity (Wildman–Crippen MR) is 107 cm³/mol. The number of rotatable bonds is 7. The summed E-state index contributed by atoms with van der Waals surface area (Å²) in [4.78, 5) is 26.7. The van der Waals surface area contributed by atoms with Gasteiger partial charge in [-0.2, -0.15) is 0 Å². The first-order chi connectivity index (χ1) is 13.5. The van der Waals surface area contributed by atoms with Gasteiger partial charge in [0.05, 0.1) is 18.8 Å².